The van der Waals surface area contributed by atoms with Gasteiger partial charge in [0.05, 0.1) is 23.9 Å². The molecule has 3 nitrogen and oxygen atoms in total. The maximum absolute atomic E-state index is 8.90. The number of hydrogen-bond acceptors (Lipinski definition) is 2. The van der Waals surface area contributed by atoms with Gasteiger partial charge in [-0.25, -0.2) is 0 Å². The van der Waals surface area contributed by atoms with Crippen LogP contribution in [0.1, 0.15) is 36.4 Å². The monoisotopic (exact) mass is 239 g/mol. The first kappa shape index (κ1) is 12.4. The molecule has 1 aromatic heterocycles. The van der Waals surface area contributed by atoms with Crippen LogP contribution in [0.4, 0.5) is 0 Å². The van der Waals surface area contributed by atoms with Crippen LogP contribution in [0.5, 0.6) is 0 Å². The molecular formula is C15H17N3. The fraction of sp³-hybridized carbons (Fsp3) is 0.333. The van der Waals surface area contributed by atoms with E-state index in [1.165, 1.54) is 5.69 Å². The van der Waals surface area contributed by atoms with E-state index in [0.29, 0.717) is 5.56 Å². The van der Waals surface area contributed by atoms with Gasteiger partial charge in [0.1, 0.15) is 0 Å². The summed E-state index contributed by atoms with van der Waals surface area (Å²) in [6, 6.07) is 12.0. The lowest BCUT2D eigenvalue weighted by Crippen LogP contribution is -2.06. The van der Waals surface area contributed by atoms with E-state index in [1.54, 1.807) is 0 Å². The smallest absolute Gasteiger partial charge is 0.0991 e. The van der Waals surface area contributed by atoms with E-state index in [-0.39, 0.29) is 0 Å². The van der Waals surface area contributed by atoms with Gasteiger partial charge in [-0.3, -0.25) is 4.68 Å². The average molecular weight is 239 g/mol. The Bertz CT molecular complexity index is 576. The Labute approximate surface area is 108 Å². The normalized spacial score (nSPS) is 10.3. The molecule has 0 amide bonds. The summed E-state index contributed by atoms with van der Waals surface area (Å²) in [6.45, 7) is 4.99. The zero-order chi connectivity index (χ0) is 13.0. The first-order chi connectivity index (χ1) is 8.76. The third-order valence-corrected chi connectivity index (χ3v) is 3.03. The molecule has 0 aliphatic rings. The molecule has 92 valence electrons. The zero-order valence-electron chi connectivity index (χ0n) is 10.8. The van der Waals surface area contributed by atoms with E-state index in [9.17, 15) is 0 Å². The van der Waals surface area contributed by atoms with Crippen LogP contribution in [0.25, 0.3) is 0 Å². The Morgan fingerprint density at radius 3 is 2.72 bits per heavy atom. The summed E-state index contributed by atoms with van der Waals surface area (Å²) < 4.78 is 2.04. The molecule has 0 unspecified atom stereocenters. The van der Waals surface area contributed by atoms with Gasteiger partial charge in [0, 0.05) is 5.69 Å². The van der Waals surface area contributed by atoms with Gasteiger partial charge in [-0.2, -0.15) is 10.4 Å². The van der Waals surface area contributed by atoms with Crippen molar-refractivity contribution in [1.29, 1.82) is 5.26 Å². The molecule has 0 aliphatic heterocycles. The van der Waals surface area contributed by atoms with Crippen molar-refractivity contribution in [3.63, 3.8) is 0 Å². The third-order valence-electron chi connectivity index (χ3n) is 3.03. The molecule has 3 heteroatoms. The minimum Gasteiger partial charge on any atom is -0.265 e. The first-order valence-electron chi connectivity index (χ1n) is 6.31. The molecule has 0 N–H and O–H groups in total. The van der Waals surface area contributed by atoms with Crippen molar-refractivity contribution in [3.05, 3.63) is 52.8 Å². The van der Waals surface area contributed by atoms with Gasteiger partial charge in [-0.05, 0) is 36.6 Å². The van der Waals surface area contributed by atoms with Gasteiger partial charge in [0.15, 0.2) is 0 Å². The van der Waals surface area contributed by atoms with Crippen LogP contribution in [-0.4, -0.2) is 9.78 Å². The Morgan fingerprint density at radius 1 is 1.22 bits per heavy atom. The second-order valence-electron chi connectivity index (χ2n) is 4.30. The third kappa shape index (κ3) is 2.60. The largest absolute Gasteiger partial charge is 0.265 e. The lowest BCUT2D eigenvalue weighted by molar-refractivity contribution is 0.640. The molecule has 0 atom stereocenters. The number of nitrogens with zero attached hydrogens (tertiary/aromatic N) is 3. The fourth-order valence-electron chi connectivity index (χ4n) is 2.02. The summed E-state index contributed by atoms with van der Waals surface area (Å²) in [5.41, 5.74) is 4.19. The van der Waals surface area contributed by atoms with Crippen LogP contribution in [0.3, 0.4) is 0 Å². The van der Waals surface area contributed by atoms with Gasteiger partial charge in [-0.1, -0.05) is 26.0 Å². The summed E-state index contributed by atoms with van der Waals surface area (Å²) in [5.74, 6) is 0. The maximum atomic E-state index is 8.90. The van der Waals surface area contributed by atoms with Crippen LogP contribution >= 0.6 is 0 Å². The van der Waals surface area contributed by atoms with E-state index in [1.807, 2.05) is 28.9 Å². The van der Waals surface area contributed by atoms with Crippen molar-refractivity contribution in [2.75, 3.05) is 0 Å². The summed E-state index contributed by atoms with van der Waals surface area (Å²) in [6.07, 6.45) is 1.93. The summed E-state index contributed by atoms with van der Waals surface area (Å²) >= 11 is 0. The molecule has 18 heavy (non-hydrogen) atoms. The molecular weight excluding hydrogens is 222 g/mol. The minimum atomic E-state index is 0.702. The van der Waals surface area contributed by atoms with Crippen molar-refractivity contribution in [3.8, 4) is 6.07 Å². The van der Waals surface area contributed by atoms with E-state index in [0.717, 1.165) is 30.6 Å². The van der Waals surface area contributed by atoms with Crippen molar-refractivity contribution in [2.45, 2.75) is 33.2 Å². The first-order valence-corrected chi connectivity index (χ1v) is 6.31. The van der Waals surface area contributed by atoms with E-state index >= 15 is 0 Å². The van der Waals surface area contributed by atoms with Crippen LogP contribution < -0.4 is 0 Å². The highest BCUT2D eigenvalue weighted by molar-refractivity contribution is 5.33. The summed E-state index contributed by atoms with van der Waals surface area (Å²) in [7, 11) is 0. The summed E-state index contributed by atoms with van der Waals surface area (Å²) in [4.78, 5) is 0. The molecule has 0 aliphatic carbocycles. The molecule has 0 saturated heterocycles. The van der Waals surface area contributed by atoms with E-state index in [2.05, 4.69) is 31.1 Å². The molecule has 0 bridgehead atoms. The topological polar surface area (TPSA) is 41.6 Å². The number of rotatable bonds is 4. The molecule has 2 aromatic rings. The predicted octanol–water partition coefficient (Wildman–Crippen LogP) is 2.93. The van der Waals surface area contributed by atoms with Gasteiger partial charge in [-0.15, -0.1) is 0 Å². The Hall–Kier alpha value is -2.08. The zero-order valence-corrected chi connectivity index (χ0v) is 10.8. The Morgan fingerprint density at radius 2 is 2.06 bits per heavy atom. The quantitative estimate of drug-likeness (QED) is 0.823. The molecule has 0 fully saturated rings. The lowest BCUT2D eigenvalue weighted by Gasteiger charge is -2.06. The predicted molar refractivity (Wildman–Crippen MR) is 71.2 cm³/mol. The average Bonchev–Trinajstić information content (AvgIpc) is 2.81. The van der Waals surface area contributed by atoms with Gasteiger partial charge >= 0.3 is 0 Å². The van der Waals surface area contributed by atoms with Crippen LogP contribution in [0, 0.1) is 11.3 Å². The van der Waals surface area contributed by atoms with Crippen molar-refractivity contribution < 1.29 is 0 Å². The highest BCUT2D eigenvalue weighted by atomic mass is 15.3. The summed E-state index contributed by atoms with van der Waals surface area (Å²) in [5, 5.41) is 13.5. The molecule has 0 radical (unpaired) electrons. The number of aryl methyl sites for hydroxylation is 2. The van der Waals surface area contributed by atoms with Crippen molar-refractivity contribution >= 4 is 0 Å². The lowest BCUT2D eigenvalue weighted by atomic mass is 10.1. The highest BCUT2D eigenvalue weighted by Crippen LogP contribution is 2.11. The van der Waals surface area contributed by atoms with Crippen molar-refractivity contribution in [1.82, 2.24) is 9.78 Å². The number of nitriles is 1. The maximum Gasteiger partial charge on any atom is 0.0991 e. The Kier molecular flexibility index (Phi) is 3.78. The number of benzene rings is 1. The second kappa shape index (κ2) is 5.50. The molecule has 1 heterocycles. The molecule has 2 rings (SSSR count). The van der Waals surface area contributed by atoms with Crippen LogP contribution in [0.2, 0.25) is 0 Å². The number of aromatic nitrogens is 2. The van der Waals surface area contributed by atoms with Crippen LogP contribution in [0.15, 0.2) is 30.3 Å². The van der Waals surface area contributed by atoms with Crippen LogP contribution in [-0.2, 0) is 19.4 Å². The molecule has 0 spiro atoms. The van der Waals surface area contributed by atoms with E-state index in [4.69, 9.17) is 5.26 Å². The van der Waals surface area contributed by atoms with Crippen molar-refractivity contribution in [2.24, 2.45) is 0 Å². The standard InChI is InChI=1S/C15H17N3/c1-3-14-9-15(4-2)18(17-14)11-13-7-5-6-12(8-13)10-16/h5-9H,3-4,11H2,1-2H3. The molecule has 1 aromatic carbocycles. The van der Waals surface area contributed by atoms with Gasteiger partial charge in [0.2, 0.25) is 0 Å². The van der Waals surface area contributed by atoms with Gasteiger partial charge < -0.3 is 0 Å². The van der Waals surface area contributed by atoms with E-state index < -0.39 is 0 Å². The molecule has 0 saturated carbocycles. The highest BCUT2D eigenvalue weighted by Gasteiger charge is 2.06. The number of hydrogen-bond donors (Lipinski definition) is 0. The minimum absolute atomic E-state index is 0.702. The SMILES string of the molecule is CCc1cc(CC)n(Cc2cccc(C#N)c2)n1. The fourth-order valence-corrected chi connectivity index (χ4v) is 2.02. The van der Waals surface area contributed by atoms with Gasteiger partial charge in [0.25, 0.3) is 0 Å². The Balaban J connectivity index is 2.27. The second-order valence-corrected chi connectivity index (χ2v) is 4.30.